The van der Waals surface area contributed by atoms with E-state index in [1.165, 1.54) is 49.3 Å². The molecule has 0 atom stereocenters. The predicted molar refractivity (Wildman–Crippen MR) is 235 cm³/mol. The quantitative estimate of drug-likeness (QED) is 0.168. The summed E-state index contributed by atoms with van der Waals surface area (Å²) < 4.78 is 4.80. The molecular formula is C53H35N3. The fourth-order valence-electron chi connectivity index (χ4n) is 8.54. The molecule has 3 aromatic heterocycles. The van der Waals surface area contributed by atoms with Crippen LogP contribution in [0.4, 0.5) is 0 Å². The Morgan fingerprint density at radius 2 is 0.857 bits per heavy atom. The van der Waals surface area contributed by atoms with Crippen molar-refractivity contribution in [1.82, 2.24) is 14.1 Å². The van der Waals surface area contributed by atoms with Gasteiger partial charge in [0.2, 0.25) is 0 Å². The highest BCUT2D eigenvalue weighted by Gasteiger charge is 2.20. The maximum absolute atomic E-state index is 5.40. The number of para-hydroxylation sites is 3. The third kappa shape index (κ3) is 5.25. The Hall–Kier alpha value is -7.49. The highest BCUT2D eigenvalue weighted by Crippen LogP contribution is 2.41. The first-order valence-corrected chi connectivity index (χ1v) is 19.1. The number of hydrogen-bond donors (Lipinski definition) is 0. The summed E-state index contributed by atoms with van der Waals surface area (Å²) in [4.78, 5) is 5.40. The Labute approximate surface area is 325 Å². The summed E-state index contributed by atoms with van der Waals surface area (Å²) in [5.41, 5.74) is 14.8. The van der Waals surface area contributed by atoms with Gasteiger partial charge in [0.15, 0.2) is 0 Å². The third-order valence-electron chi connectivity index (χ3n) is 11.1. The van der Waals surface area contributed by atoms with Crippen LogP contribution >= 0.6 is 0 Å². The topological polar surface area (TPSA) is 22.8 Å². The molecule has 11 rings (SSSR count). The molecule has 0 saturated heterocycles. The second kappa shape index (κ2) is 13.1. The van der Waals surface area contributed by atoms with Gasteiger partial charge in [0, 0.05) is 38.4 Å². The van der Waals surface area contributed by atoms with Crippen LogP contribution in [-0.4, -0.2) is 14.1 Å². The molecular weight excluding hydrogens is 679 g/mol. The van der Waals surface area contributed by atoms with Crippen LogP contribution in [0.5, 0.6) is 0 Å². The van der Waals surface area contributed by atoms with Crippen molar-refractivity contribution >= 4 is 43.6 Å². The molecule has 0 bridgehead atoms. The van der Waals surface area contributed by atoms with Gasteiger partial charge in [-0.2, -0.15) is 0 Å². The molecule has 0 radical (unpaired) electrons. The van der Waals surface area contributed by atoms with E-state index in [4.69, 9.17) is 4.98 Å². The fraction of sp³-hybridized carbons (Fsp3) is 0. The van der Waals surface area contributed by atoms with Crippen LogP contribution in [0.15, 0.2) is 212 Å². The summed E-state index contributed by atoms with van der Waals surface area (Å²) in [6.07, 6.45) is 0. The van der Waals surface area contributed by atoms with E-state index >= 15 is 0 Å². The van der Waals surface area contributed by atoms with E-state index in [9.17, 15) is 0 Å². The molecule has 0 spiro atoms. The molecule has 0 aliphatic heterocycles. The number of rotatable bonds is 6. The molecule has 11 aromatic rings. The Morgan fingerprint density at radius 3 is 1.59 bits per heavy atom. The molecule has 262 valence electrons. The van der Waals surface area contributed by atoms with E-state index in [2.05, 4.69) is 221 Å². The first kappa shape index (κ1) is 32.0. The largest absolute Gasteiger partial charge is 0.309 e. The second-order valence-corrected chi connectivity index (χ2v) is 14.4. The van der Waals surface area contributed by atoms with Crippen molar-refractivity contribution in [3.63, 3.8) is 0 Å². The van der Waals surface area contributed by atoms with Crippen molar-refractivity contribution in [3.8, 4) is 56.1 Å². The third-order valence-corrected chi connectivity index (χ3v) is 11.1. The summed E-state index contributed by atoms with van der Waals surface area (Å²) in [5, 5.41) is 4.86. The van der Waals surface area contributed by atoms with Crippen LogP contribution < -0.4 is 0 Å². The molecule has 0 aliphatic rings. The van der Waals surface area contributed by atoms with Crippen LogP contribution in [0.3, 0.4) is 0 Å². The van der Waals surface area contributed by atoms with Crippen LogP contribution in [0.1, 0.15) is 0 Å². The van der Waals surface area contributed by atoms with Crippen LogP contribution in [0.2, 0.25) is 0 Å². The Balaban J connectivity index is 1.17. The van der Waals surface area contributed by atoms with E-state index in [0.29, 0.717) is 0 Å². The van der Waals surface area contributed by atoms with Crippen molar-refractivity contribution in [2.45, 2.75) is 0 Å². The lowest BCUT2D eigenvalue weighted by Crippen LogP contribution is -2.00. The molecule has 0 amide bonds. The molecule has 3 heterocycles. The van der Waals surface area contributed by atoms with Crippen molar-refractivity contribution < 1.29 is 0 Å². The zero-order chi connectivity index (χ0) is 37.0. The number of pyridine rings is 1. The molecule has 0 N–H and O–H groups in total. The Kier molecular flexibility index (Phi) is 7.49. The van der Waals surface area contributed by atoms with Gasteiger partial charge in [0.25, 0.3) is 0 Å². The summed E-state index contributed by atoms with van der Waals surface area (Å²) >= 11 is 0. The molecule has 0 unspecified atom stereocenters. The lowest BCUT2D eigenvalue weighted by atomic mass is 10.00. The zero-order valence-electron chi connectivity index (χ0n) is 30.5. The average Bonchev–Trinajstić information content (AvgIpc) is 3.80. The number of hydrogen-bond acceptors (Lipinski definition) is 1. The van der Waals surface area contributed by atoms with Gasteiger partial charge in [-0.05, 0) is 70.3 Å². The van der Waals surface area contributed by atoms with Gasteiger partial charge in [-0.1, -0.05) is 170 Å². The van der Waals surface area contributed by atoms with E-state index in [-0.39, 0.29) is 0 Å². The molecule has 3 nitrogen and oxygen atoms in total. The van der Waals surface area contributed by atoms with E-state index in [1.807, 2.05) is 0 Å². The maximum atomic E-state index is 5.40. The Bertz CT molecular complexity index is 3170. The van der Waals surface area contributed by atoms with Gasteiger partial charge in [0.1, 0.15) is 5.82 Å². The van der Waals surface area contributed by atoms with Crippen LogP contribution in [-0.2, 0) is 0 Å². The zero-order valence-corrected chi connectivity index (χ0v) is 30.5. The predicted octanol–water partition coefficient (Wildman–Crippen LogP) is 13.9. The minimum atomic E-state index is 0.888. The minimum Gasteiger partial charge on any atom is -0.309 e. The highest BCUT2D eigenvalue weighted by atomic mass is 15.1. The summed E-state index contributed by atoms with van der Waals surface area (Å²) in [7, 11) is 0. The van der Waals surface area contributed by atoms with Crippen LogP contribution in [0.25, 0.3) is 99.8 Å². The summed E-state index contributed by atoms with van der Waals surface area (Å²) in [5.74, 6) is 0.888. The van der Waals surface area contributed by atoms with Crippen molar-refractivity contribution in [1.29, 1.82) is 0 Å². The molecule has 8 aromatic carbocycles. The summed E-state index contributed by atoms with van der Waals surface area (Å²) in [6, 6.07) is 76.3. The fourth-order valence-corrected chi connectivity index (χ4v) is 8.54. The smallest absolute Gasteiger partial charge is 0.138 e. The average molecular weight is 714 g/mol. The highest BCUT2D eigenvalue weighted by molar-refractivity contribution is 6.15. The molecule has 0 aliphatic carbocycles. The van der Waals surface area contributed by atoms with Crippen molar-refractivity contribution in [3.05, 3.63) is 212 Å². The number of fused-ring (bicyclic) bond motifs is 6. The number of nitrogens with zero attached hydrogens (tertiary/aromatic N) is 3. The van der Waals surface area contributed by atoms with Gasteiger partial charge < -0.3 is 4.57 Å². The lowest BCUT2D eigenvalue weighted by Gasteiger charge is -2.15. The van der Waals surface area contributed by atoms with Crippen molar-refractivity contribution in [2.75, 3.05) is 0 Å². The van der Waals surface area contributed by atoms with Gasteiger partial charge in [-0.25, -0.2) is 4.98 Å². The number of aromatic nitrogens is 3. The maximum Gasteiger partial charge on any atom is 0.138 e. The molecule has 3 heteroatoms. The summed E-state index contributed by atoms with van der Waals surface area (Å²) in [6.45, 7) is 0. The van der Waals surface area contributed by atoms with E-state index in [0.717, 1.165) is 50.5 Å². The molecule has 56 heavy (non-hydrogen) atoms. The normalized spacial score (nSPS) is 11.6. The van der Waals surface area contributed by atoms with Gasteiger partial charge in [-0.3, -0.25) is 4.57 Å². The standard InChI is InChI=1S/C53H35N3/c1-4-16-36(17-5-1)39-22-14-23-42(32-39)55-49-28-12-11-25-45(49)47-27-15-26-43(53(47)55)40-30-31-46-44-24-10-13-29-50(44)56(51(46)34-40)52-35-41(37-18-6-2-7-19-37)33-48(54-52)38-20-8-3-9-21-38/h1-35H. The molecule has 0 fully saturated rings. The Morgan fingerprint density at radius 1 is 0.304 bits per heavy atom. The van der Waals surface area contributed by atoms with Gasteiger partial charge in [-0.15, -0.1) is 0 Å². The minimum absolute atomic E-state index is 0.888. The van der Waals surface area contributed by atoms with Crippen molar-refractivity contribution in [2.24, 2.45) is 0 Å². The monoisotopic (exact) mass is 713 g/mol. The van der Waals surface area contributed by atoms with Gasteiger partial charge >= 0.3 is 0 Å². The number of benzene rings is 8. The first-order valence-electron chi connectivity index (χ1n) is 19.1. The van der Waals surface area contributed by atoms with Gasteiger partial charge in [0.05, 0.1) is 27.8 Å². The lowest BCUT2D eigenvalue weighted by molar-refractivity contribution is 1.08. The first-order chi connectivity index (χ1) is 27.8. The van der Waals surface area contributed by atoms with E-state index < -0.39 is 0 Å². The van der Waals surface area contributed by atoms with Crippen LogP contribution in [0, 0.1) is 0 Å². The SMILES string of the molecule is c1ccc(-c2cccc(-n3c4ccccc4c4cccc(-c5ccc6c7ccccc7n(-c7cc(-c8ccccc8)cc(-c8ccccc8)n7)c6c5)c43)c2)cc1. The van der Waals surface area contributed by atoms with E-state index in [1.54, 1.807) is 0 Å². The molecule has 0 saturated carbocycles. The second-order valence-electron chi connectivity index (χ2n) is 14.4.